The maximum atomic E-state index is 14.0. The minimum atomic E-state index is -0.894. The normalized spacial score (nSPS) is 17.8. The number of carbonyl (C=O) groups is 3. The molecule has 4 aromatic carbocycles. The fourth-order valence-corrected chi connectivity index (χ4v) is 10.8. The molecular weight excluding hydrogens is 918 g/mol. The minimum Gasteiger partial charge on any atom is -0.508 e. The third-order valence-corrected chi connectivity index (χ3v) is 14.7. The summed E-state index contributed by atoms with van der Waals surface area (Å²) in [4.78, 5) is 50.8. The Hall–Kier alpha value is -5.91. The first-order valence-corrected chi connectivity index (χ1v) is 25.2. The molecule has 2 fully saturated rings. The molecule has 0 aliphatic carbocycles. The van der Waals surface area contributed by atoms with Crippen LogP contribution in [0, 0.1) is 24.1 Å². The Bertz CT molecular complexity index is 2700. The molecule has 69 heavy (non-hydrogen) atoms. The number of carbonyl (C=O) groups excluding carboxylic acids is 3. The molecule has 0 radical (unpaired) electrons. The molecule has 8 rings (SSSR count). The summed E-state index contributed by atoms with van der Waals surface area (Å²) in [7, 11) is 0. The maximum absolute atomic E-state index is 14.0. The standard InChI is InChI=1S/C53H60FN5O8S2/c1-33-48(68-32-56-33)36-9-7-34(8-10-36)28-55-51(63)44-26-40(61)30-59(44)52(64)50(53(2,3)4)57-46(62)6-5-24-65-31-35-21-22-58(29-35)23-25-66-41-16-18-42(19-17-41)67-47-43-20-15-39(60)27-45(43)69-49(47)37-11-13-38(54)14-12-37/h7-20,27,32,35,40,44,50,60-61H,5-6,21-26,28-31H2,1-4H3,(H,55,63)(H,57,62)/t35?,40-,44+,50?/m1/s1. The number of fused-ring (bicyclic) bond motifs is 1. The van der Waals surface area contributed by atoms with Crippen LogP contribution in [0.4, 0.5) is 4.39 Å². The van der Waals surface area contributed by atoms with Gasteiger partial charge in [0.05, 0.1) is 33.7 Å². The summed E-state index contributed by atoms with van der Waals surface area (Å²) in [6.45, 7) is 12.0. The molecule has 4 atom stereocenters. The number of aromatic hydroxyl groups is 1. The van der Waals surface area contributed by atoms with Crippen LogP contribution >= 0.6 is 22.7 Å². The Labute approximate surface area is 410 Å². The molecule has 16 heteroatoms. The maximum Gasteiger partial charge on any atom is 0.246 e. The Kier molecular flexibility index (Phi) is 16.0. The smallest absolute Gasteiger partial charge is 0.246 e. The van der Waals surface area contributed by atoms with Crippen LogP contribution in [-0.2, 0) is 25.7 Å². The average Bonchev–Trinajstić information content (AvgIpc) is 4.14. The van der Waals surface area contributed by atoms with Crippen LogP contribution < -0.4 is 20.1 Å². The van der Waals surface area contributed by atoms with E-state index < -0.39 is 29.5 Å². The summed E-state index contributed by atoms with van der Waals surface area (Å²) in [5, 5.41) is 27.4. The Morgan fingerprint density at radius 1 is 0.928 bits per heavy atom. The molecule has 0 bridgehead atoms. The zero-order valence-corrected chi connectivity index (χ0v) is 41.0. The van der Waals surface area contributed by atoms with E-state index in [4.69, 9.17) is 14.2 Å². The van der Waals surface area contributed by atoms with Gasteiger partial charge in [0.15, 0.2) is 5.75 Å². The molecule has 3 amide bonds. The van der Waals surface area contributed by atoms with Crippen molar-refractivity contribution < 1.29 is 43.2 Å². The van der Waals surface area contributed by atoms with Crippen molar-refractivity contribution >= 4 is 50.5 Å². The number of aliphatic hydroxyl groups excluding tert-OH is 1. The fourth-order valence-electron chi connectivity index (χ4n) is 8.82. The zero-order valence-electron chi connectivity index (χ0n) is 39.4. The Balaban J connectivity index is 0.732. The number of β-amino-alcohol motifs (C(OH)–C–C–N with tert-alkyl or cyclic N) is 1. The number of amides is 3. The number of rotatable bonds is 19. The van der Waals surface area contributed by atoms with Gasteiger partial charge in [-0.2, -0.15) is 0 Å². The topological polar surface area (TPSA) is 163 Å². The Morgan fingerprint density at radius 2 is 1.65 bits per heavy atom. The van der Waals surface area contributed by atoms with Crippen LogP contribution in [0.25, 0.3) is 31.0 Å². The second kappa shape index (κ2) is 22.2. The molecule has 2 aromatic heterocycles. The molecule has 6 aromatic rings. The fraction of sp³-hybridized carbons (Fsp3) is 0.396. The first-order chi connectivity index (χ1) is 33.2. The number of thiazole rings is 1. The quantitative estimate of drug-likeness (QED) is 0.0577. The molecule has 0 spiro atoms. The second-order valence-corrected chi connectivity index (χ2v) is 20.9. The highest BCUT2D eigenvalue weighted by molar-refractivity contribution is 7.22. The van der Waals surface area contributed by atoms with E-state index >= 15 is 0 Å². The van der Waals surface area contributed by atoms with E-state index in [1.807, 2.05) is 87.8 Å². The van der Waals surface area contributed by atoms with Crippen LogP contribution in [0.2, 0.25) is 0 Å². The predicted molar refractivity (Wildman–Crippen MR) is 267 cm³/mol. The zero-order chi connectivity index (χ0) is 48.7. The number of ether oxygens (including phenoxy) is 3. The predicted octanol–water partition coefficient (Wildman–Crippen LogP) is 8.94. The van der Waals surface area contributed by atoms with Gasteiger partial charge >= 0.3 is 0 Å². The van der Waals surface area contributed by atoms with E-state index in [2.05, 4.69) is 20.5 Å². The first kappa shape index (κ1) is 49.5. The van der Waals surface area contributed by atoms with E-state index in [1.165, 1.54) is 28.4 Å². The van der Waals surface area contributed by atoms with E-state index in [0.29, 0.717) is 43.7 Å². The van der Waals surface area contributed by atoms with Gasteiger partial charge < -0.3 is 40.0 Å². The molecule has 2 aliphatic rings. The summed E-state index contributed by atoms with van der Waals surface area (Å²) >= 11 is 3.05. The number of thiophene rings is 1. The van der Waals surface area contributed by atoms with Crippen molar-refractivity contribution in [3.8, 4) is 43.9 Å². The number of benzene rings is 4. The van der Waals surface area contributed by atoms with Gasteiger partial charge in [0, 0.05) is 55.7 Å². The number of hydrogen-bond acceptors (Lipinski definition) is 12. The van der Waals surface area contributed by atoms with Crippen molar-refractivity contribution in [2.45, 2.75) is 78.1 Å². The molecular formula is C53H60FN5O8S2. The van der Waals surface area contributed by atoms with Crippen molar-refractivity contribution in [3.05, 3.63) is 114 Å². The van der Waals surface area contributed by atoms with Gasteiger partial charge in [-0.3, -0.25) is 19.3 Å². The van der Waals surface area contributed by atoms with Gasteiger partial charge in [0.25, 0.3) is 0 Å². The third-order valence-electron chi connectivity index (χ3n) is 12.6. The minimum absolute atomic E-state index is 0.0121. The number of phenolic OH excluding ortho intramolecular Hbond substituents is 1. The number of aliphatic hydroxyl groups is 1. The number of phenols is 1. The number of nitrogens with one attached hydrogen (secondary N) is 2. The summed E-state index contributed by atoms with van der Waals surface area (Å²) in [6, 6.07) is 25.0. The molecule has 0 saturated carbocycles. The largest absolute Gasteiger partial charge is 0.508 e. The van der Waals surface area contributed by atoms with Crippen molar-refractivity contribution in [2.24, 2.45) is 11.3 Å². The highest BCUT2D eigenvalue weighted by Gasteiger charge is 2.44. The Morgan fingerprint density at radius 3 is 2.38 bits per heavy atom. The SMILES string of the molecule is Cc1ncsc1-c1ccc(CNC(=O)[C@@H]2C[C@@H](O)CN2C(=O)C(NC(=O)CCCOCC2CCN(CCOc3ccc(Oc4c(-c5ccc(F)cc5)sc5cc(O)ccc45)cc3)C2)C(C)(C)C)cc1. The van der Waals surface area contributed by atoms with Crippen LogP contribution in [0.3, 0.4) is 0 Å². The lowest BCUT2D eigenvalue weighted by molar-refractivity contribution is -0.144. The number of likely N-dealkylation sites (tertiary alicyclic amines) is 2. The lowest BCUT2D eigenvalue weighted by Crippen LogP contribution is -2.57. The number of aryl methyl sites for hydroxylation is 1. The molecule has 4 N–H and O–H groups in total. The van der Waals surface area contributed by atoms with Crippen molar-refractivity contribution in [3.63, 3.8) is 0 Å². The summed E-state index contributed by atoms with van der Waals surface area (Å²) < 4.78 is 33.1. The van der Waals surface area contributed by atoms with Crippen LogP contribution in [0.15, 0.2) is 96.5 Å². The van der Waals surface area contributed by atoms with Crippen molar-refractivity contribution in [1.82, 2.24) is 25.4 Å². The van der Waals surface area contributed by atoms with Crippen molar-refractivity contribution in [1.29, 1.82) is 0 Å². The van der Waals surface area contributed by atoms with E-state index in [-0.39, 0.29) is 49.3 Å². The average molecular weight is 978 g/mol. The number of nitrogens with zero attached hydrogens (tertiary/aromatic N) is 3. The van der Waals surface area contributed by atoms with E-state index in [9.17, 15) is 29.0 Å². The van der Waals surface area contributed by atoms with Gasteiger partial charge in [-0.05, 0) is 109 Å². The van der Waals surface area contributed by atoms with Crippen LogP contribution in [-0.4, -0.2) is 107 Å². The van der Waals surface area contributed by atoms with E-state index in [0.717, 1.165) is 74.0 Å². The van der Waals surface area contributed by atoms with Crippen LogP contribution in [0.5, 0.6) is 23.0 Å². The van der Waals surface area contributed by atoms with Gasteiger partial charge in [-0.25, -0.2) is 9.37 Å². The molecule has 364 valence electrons. The highest BCUT2D eigenvalue weighted by atomic mass is 32.1. The number of hydrogen-bond donors (Lipinski definition) is 4. The molecule has 4 heterocycles. The summed E-state index contributed by atoms with van der Waals surface area (Å²) in [5.74, 6) is 1.20. The van der Waals surface area contributed by atoms with Crippen molar-refractivity contribution in [2.75, 3.05) is 46.0 Å². The molecule has 2 unspecified atom stereocenters. The number of halogens is 1. The lowest BCUT2D eigenvalue weighted by atomic mass is 9.85. The monoisotopic (exact) mass is 977 g/mol. The van der Waals surface area contributed by atoms with Gasteiger partial charge in [-0.15, -0.1) is 22.7 Å². The second-order valence-electron chi connectivity index (χ2n) is 18.9. The molecule has 13 nitrogen and oxygen atoms in total. The van der Waals surface area contributed by atoms with Gasteiger partial charge in [-0.1, -0.05) is 57.2 Å². The summed E-state index contributed by atoms with van der Waals surface area (Å²) in [6.07, 6.45) is 0.948. The van der Waals surface area contributed by atoms with E-state index in [1.54, 1.807) is 35.6 Å². The van der Waals surface area contributed by atoms with Crippen LogP contribution in [0.1, 0.15) is 57.7 Å². The molecule has 2 saturated heterocycles. The highest BCUT2D eigenvalue weighted by Crippen LogP contribution is 2.47. The first-order valence-electron chi connectivity index (χ1n) is 23.5. The summed E-state index contributed by atoms with van der Waals surface area (Å²) in [5.41, 5.74) is 4.92. The molecule has 2 aliphatic heterocycles. The number of aromatic nitrogens is 1. The third kappa shape index (κ3) is 12.7. The van der Waals surface area contributed by atoms with Gasteiger partial charge in [0.2, 0.25) is 17.7 Å². The lowest BCUT2D eigenvalue weighted by Gasteiger charge is -2.35. The van der Waals surface area contributed by atoms with Gasteiger partial charge in [0.1, 0.15) is 41.8 Å².